The van der Waals surface area contributed by atoms with Crippen molar-refractivity contribution in [2.45, 2.75) is 25.9 Å². The van der Waals surface area contributed by atoms with E-state index in [0.29, 0.717) is 17.6 Å². The van der Waals surface area contributed by atoms with E-state index in [0.717, 1.165) is 25.0 Å². The Bertz CT molecular complexity index is 988. The number of rotatable bonds is 6. The lowest BCUT2D eigenvalue weighted by Gasteiger charge is -2.16. The molecule has 0 aliphatic carbocycles. The number of benzene rings is 1. The molecule has 0 radical (unpaired) electrons. The third kappa shape index (κ3) is 3.78. The SMILES string of the molecule is O=C(NCc1nn(CCN2CCCC2)c(=O)c2ccccc12)c1ccco1. The summed E-state index contributed by atoms with van der Waals surface area (Å²) in [7, 11) is 0. The van der Waals surface area contributed by atoms with Gasteiger partial charge in [0.25, 0.3) is 11.5 Å². The van der Waals surface area contributed by atoms with Crippen molar-refractivity contribution in [3.63, 3.8) is 0 Å². The maximum Gasteiger partial charge on any atom is 0.287 e. The molecule has 1 aromatic carbocycles. The quantitative estimate of drug-likeness (QED) is 0.722. The summed E-state index contributed by atoms with van der Waals surface area (Å²) in [6.07, 6.45) is 3.88. The van der Waals surface area contributed by atoms with Gasteiger partial charge in [0.1, 0.15) is 0 Å². The molecule has 3 heterocycles. The monoisotopic (exact) mass is 366 g/mol. The Hall–Kier alpha value is -2.93. The average Bonchev–Trinajstić information content (AvgIpc) is 3.40. The number of amides is 1. The number of nitrogens with zero attached hydrogens (tertiary/aromatic N) is 3. The van der Waals surface area contributed by atoms with Crippen molar-refractivity contribution in [3.8, 4) is 0 Å². The van der Waals surface area contributed by atoms with Gasteiger partial charge in [0.05, 0.1) is 30.4 Å². The largest absolute Gasteiger partial charge is 0.459 e. The predicted octanol–water partition coefficient (Wildman–Crippen LogP) is 2.02. The van der Waals surface area contributed by atoms with Crippen molar-refractivity contribution in [1.82, 2.24) is 20.0 Å². The number of hydrogen-bond donors (Lipinski definition) is 1. The van der Waals surface area contributed by atoms with Crippen molar-refractivity contribution >= 4 is 16.7 Å². The lowest BCUT2D eigenvalue weighted by molar-refractivity contribution is 0.0922. The number of hydrogen-bond acceptors (Lipinski definition) is 5. The zero-order valence-corrected chi connectivity index (χ0v) is 15.1. The first-order valence-corrected chi connectivity index (χ1v) is 9.25. The molecule has 0 spiro atoms. The summed E-state index contributed by atoms with van der Waals surface area (Å²) in [4.78, 5) is 27.3. The molecule has 4 rings (SSSR count). The summed E-state index contributed by atoms with van der Waals surface area (Å²) >= 11 is 0. The molecule has 27 heavy (non-hydrogen) atoms. The Labute approximate surface area is 156 Å². The Morgan fingerprint density at radius 1 is 1.07 bits per heavy atom. The standard InChI is InChI=1S/C20H22N4O3/c25-19(18-8-5-13-27-18)21-14-17-15-6-1-2-7-16(15)20(26)24(22-17)12-11-23-9-3-4-10-23/h1-2,5-8,13H,3-4,9-12,14H2,(H,21,25). The van der Waals surface area contributed by atoms with E-state index in [1.165, 1.54) is 23.8 Å². The molecule has 140 valence electrons. The second kappa shape index (κ2) is 7.75. The summed E-state index contributed by atoms with van der Waals surface area (Å²) < 4.78 is 6.64. The predicted molar refractivity (Wildman–Crippen MR) is 102 cm³/mol. The van der Waals surface area contributed by atoms with Crippen LogP contribution < -0.4 is 10.9 Å². The van der Waals surface area contributed by atoms with Crippen molar-refractivity contribution in [3.05, 3.63) is 64.5 Å². The topological polar surface area (TPSA) is 80.4 Å². The number of carbonyl (C=O) groups excluding carboxylic acids is 1. The lowest BCUT2D eigenvalue weighted by Crippen LogP contribution is -2.32. The maximum absolute atomic E-state index is 12.8. The molecule has 0 saturated carbocycles. The summed E-state index contributed by atoms with van der Waals surface area (Å²) in [5, 5.41) is 8.75. The number of fused-ring (bicyclic) bond motifs is 1. The van der Waals surface area contributed by atoms with Gasteiger partial charge >= 0.3 is 0 Å². The molecule has 7 heteroatoms. The number of aromatic nitrogens is 2. The summed E-state index contributed by atoms with van der Waals surface area (Å²) in [5.41, 5.74) is 0.581. The highest BCUT2D eigenvalue weighted by Gasteiger charge is 2.15. The van der Waals surface area contributed by atoms with E-state index in [-0.39, 0.29) is 23.8 Å². The summed E-state index contributed by atoms with van der Waals surface area (Å²) in [5.74, 6) is -0.0534. The van der Waals surface area contributed by atoms with Gasteiger partial charge in [-0.25, -0.2) is 4.68 Å². The molecule has 3 aromatic rings. The van der Waals surface area contributed by atoms with Gasteiger partial charge in [0.15, 0.2) is 5.76 Å². The van der Waals surface area contributed by atoms with Gasteiger partial charge in [0.2, 0.25) is 0 Å². The summed E-state index contributed by atoms with van der Waals surface area (Å²) in [6, 6.07) is 10.7. The molecule has 7 nitrogen and oxygen atoms in total. The van der Waals surface area contributed by atoms with E-state index in [1.807, 2.05) is 24.3 Å². The van der Waals surface area contributed by atoms with Crippen LogP contribution in [0, 0.1) is 0 Å². The molecular formula is C20H22N4O3. The molecule has 0 bridgehead atoms. The Balaban J connectivity index is 1.59. The molecule has 1 aliphatic rings. The fraction of sp³-hybridized carbons (Fsp3) is 0.350. The average molecular weight is 366 g/mol. The van der Waals surface area contributed by atoms with Crippen LogP contribution >= 0.6 is 0 Å². The van der Waals surface area contributed by atoms with Crippen LogP contribution in [0.15, 0.2) is 51.9 Å². The molecule has 1 aliphatic heterocycles. The minimum atomic E-state index is -0.305. The molecule has 1 N–H and O–H groups in total. The van der Waals surface area contributed by atoms with Gasteiger partial charge < -0.3 is 14.6 Å². The van der Waals surface area contributed by atoms with Crippen molar-refractivity contribution < 1.29 is 9.21 Å². The number of nitrogens with one attached hydrogen (secondary N) is 1. The highest BCUT2D eigenvalue weighted by atomic mass is 16.3. The van der Waals surface area contributed by atoms with Gasteiger partial charge in [-0.3, -0.25) is 9.59 Å². The normalized spacial score (nSPS) is 14.7. The highest BCUT2D eigenvalue weighted by molar-refractivity contribution is 5.91. The first kappa shape index (κ1) is 17.5. The second-order valence-electron chi connectivity index (χ2n) is 6.73. The third-order valence-corrected chi connectivity index (χ3v) is 4.93. The third-order valence-electron chi connectivity index (χ3n) is 4.93. The minimum absolute atomic E-state index is 0.0918. The number of carbonyl (C=O) groups is 1. The van der Waals surface area contributed by atoms with Gasteiger partial charge in [0, 0.05) is 11.9 Å². The van der Waals surface area contributed by atoms with Crippen LogP contribution in [0.25, 0.3) is 10.8 Å². The van der Waals surface area contributed by atoms with Crippen LogP contribution in [-0.4, -0.2) is 40.2 Å². The van der Waals surface area contributed by atoms with E-state index >= 15 is 0 Å². The smallest absolute Gasteiger partial charge is 0.287 e. The van der Waals surface area contributed by atoms with Crippen LogP contribution in [0.1, 0.15) is 29.1 Å². The first-order valence-electron chi connectivity index (χ1n) is 9.25. The molecule has 0 unspecified atom stereocenters. The van der Waals surface area contributed by atoms with Crippen molar-refractivity contribution in [2.75, 3.05) is 19.6 Å². The van der Waals surface area contributed by atoms with Gasteiger partial charge in [-0.05, 0) is 44.1 Å². The lowest BCUT2D eigenvalue weighted by atomic mass is 10.1. The van der Waals surface area contributed by atoms with E-state index in [9.17, 15) is 9.59 Å². The van der Waals surface area contributed by atoms with E-state index in [2.05, 4.69) is 15.3 Å². The Morgan fingerprint density at radius 3 is 2.59 bits per heavy atom. The Kier molecular flexibility index (Phi) is 5.02. The zero-order chi connectivity index (χ0) is 18.6. The van der Waals surface area contributed by atoms with Crippen LogP contribution in [0.5, 0.6) is 0 Å². The Morgan fingerprint density at radius 2 is 1.85 bits per heavy atom. The zero-order valence-electron chi connectivity index (χ0n) is 15.1. The molecule has 1 fully saturated rings. The van der Waals surface area contributed by atoms with Crippen molar-refractivity contribution in [2.24, 2.45) is 0 Å². The van der Waals surface area contributed by atoms with E-state index < -0.39 is 0 Å². The molecule has 1 amide bonds. The van der Waals surface area contributed by atoms with Crippen molar-refractivity contribution in [1.29, 1.82) is 0 Å². The minimum Gasteiger partial charge on any atom is -0.459 e. The van der Waals surface area contributed by atoms with Crippen LogP contribution in [0.3, 0.4) is 0 Å². The fourth-order valence-corrected chi connectivity index (χ4v) is 3.49. The van der Waals surface area contributed by atoms with Crippen LogP contribution in [0.2, 0.25) is 0 Å². The summed E-state index contributed by atoms with van der Waals surface area (Å²) in [6.45, 7) is 3.74. The highest BCUT2D eigenvalue weighted by Crippen LogP contribution is 2.14. The van der Waals surface area contributed by atoms with Crippen LogP contribution in [-0.2, 0) is 13.1 Å². The molecular weight excluding hydrogens is 344 g/mol. The van der Waals surface area contributed by atoms with Crippen LogP contribution in [0.4, 0.5) is 0 Å². The number of furan rings is 1. The molecule has 0 atom stereocenters. The number of likely N-dealkylation sites (tertiary alicyclic amines) is 1. The molecule has 2 aromatic heterocycles. The molecule has 1 saturated heterocycles. The maximum atomic E-state index is 12.8. The van der Waals surface area contributed by atoms with Gasteiger partial charge in [-0.15, -0.1) is 0 Å². The van der Waals surface area contributed by atoms with E-state index in [1.54, 1.807) is 12.1 Å². The van der Waals surface area contributed by atoms with Gasteiger partial charge in [-0.1, -0.05) is 18.2 Å². The first-order chi connectivity index (χ1) is 13.2. The van der Waals surface area contributed by atoms with Gasteiger partial charge in [-0.2, -0.15) is 5.10 Å². The fourth-order valence-electron chi connectivity index (χ4n) is 3.49. The van der Waals surface area contributed by atoms with E-state index in [4.69, 9.17) is 4.42 Å². The second-order valence-corrected chi connectivity index (χ2v) is 6.73.